The number of ether oxygens (including phenoxy) is 2. The number of carbonyl (C=O) groups is 1. The van der Waals surface area contributed by atoms with Crippen LogP contribution < -0.4 is 14.8 Å². The maximum absolute atomic E-state index is 12.9. The molecule has 0 saturated heterocycles. The highest BCUT2D eigenvalue weighted by atomic mass is 32.2. The lowest BCUT2D eigenvalue weighted by Gasteiger charge is -2.17. The molecule has 8 heteroatoms. The predicted octanol–water partition coefficient (Wildman–Crippen LogP) is 3.12. The molecule has 1 N–H and O–H groups in total. The first-order valence-corrected chi connectivity index (χ1v) is 10.3. The molecule has 0 heterocycles. The number of fused-ring (bicyclic) bond motifs is 1. The van der Waals surface area contributed by atoms with Crippen LogP contribution in [0.4, 0.5) is 5.69 Å². The number of hydrogen-bond donors (Lipinski definition) is 1. The van der Waals surface area contributed by atoms with E-state index in [2.05, 4.69) is 5.32 Å². The van der Waals surface area contributed by atoms with Crippen LogP contribution in [0.1, 0.15) is 0 Å². The highest BCUT2D eigenvalue weighted by molar-refractivity contribution is 7.89. The molecule has 3 rings (SSSR count). The topological polar surface area (TPSA) is 84.9 Å². The average molecular weight is 414 g/mol. The first-order valence-electron chi connectivity index (χ1n) is 8.81. The van der Waals surface area contributed by atoms with Crippen LogP contribution in [0.15, 0.2) is 65.6 Å². The summed E-state index contributed by atoms with van der Waals surface area (Å²) in [5, 5.41) is 4.43. The number of carbonyl (C=O) groups excluding carboxylic acids is 1. The second kappa shape index (κ2) is 8.50. The molecule has 152 valence electrons. The van der Waals surface area contributed by atoms with Gasteiger partial charge in [0.1, 0.15) is 11.5 Å². The van der Waals surface area contributed by atoms with Crippen molar-refractivity contribution in [2.75, 3.05) is 33.1 Å². The van der Waals surface area contributed by atoms with Crippen molar-refractivity contribution in [3.05, 3.63) is 60.7 Å². The minimum absolute atomic E-state index is 0.134. The lowest BCUT2D eigenvalue weighted by Crippen LogP contribution is -2.35. The molecule has 0 fully saturated rings. The first kappa shape index (κ1) is 20.6. The van der Waals surface area contributed by atoms with E-state index in [4.69, 9.17) is 9.47 Å². The van der Waals surface area contributed by atoms with E-state index < -0.39 is 15.9 Å². The normalized spacial score (nSPS) is 11.4. The van der Waals surface area contributed by atoms with Crippen LogP contribution in [0.3, 0.4) is 0 Å². The lowest BCUT2D eigenvalue weighted by atomic mass is 10.1. The standard InChI is InChI=1S/C21H22N2O5S/c1-23(14-21(24)22-17-11-18(27-2)13-19(12-17)28-3)29(25,26)20-9-8-15-6-4-5-7-16(15)10-20/h4-13H,14H2,1-3H3,(H,22,24). The predicted molar refractivity (Wildman–Crippen MR) is 112 cm³/mol. The van der Waals surface area contributed by atoms with Crippen molar-refractivity contribution in [2.24, 2.45) is 0 Å². The first-order chi connectivity index (χ1) is 13.8. The summed E-state index contributed by atoms with van der Waals surface area (Å²) in [7, 11) is 0.559. The summed E-state index contributed by atoms with van der Waals surface area (Å²) in [5.41, 5.74) is 0.447. The van der Waals surface area contributed by atoms with Gasteiger partial charge in [0.15, 0.2) is 0 Å². The summed E-state index contributed by atoms with van der Waals surface area (Å²) in [4.78, 5) is 12.5. The number of benzene rings is 3. The van der Waals surface area contributed by atoms with Crippen molar-refractivity contribution >= 4 is 32.4 Å². The Morgan fingerprint density at radius 2 is 1.55 bits per heavy atom. The Hall–Kier alpha value is -3.10. The highest BCUT2D eigenvalue weighted by Crippen LogP contribution is 2.26. The summed E-state index contributed by atoms with van der Waals surface area (Å²) in [6.07, 6.45) is 0. The third kappa shape index (κ3) is 4.67. The SMILES string of the molecule is COc1cc(NC(=O)CN(C)S(=O)(=O)c2ccc3ccccc3c2)cc(OC)c1. The van der Waals surface area contributed by atoms with Crippen LogP contribution in [0.25, 0.3) is 10.8 Å². The summed E-state index contributed by atoms with van der Waals surface area (Å²) >= 11 is 0. The van der Waals surface area contributed by atoms with E-state index in [0.29, 0.717) is 17.2 Å². The van der Waals surface area contributed by atoms with Gasteiger partial charge in [-0.1, -0.05) is 30.3 Å². The fraction of sp³-hybridized carbons (Fsp3) is 0.190. The molecule has 0 radical (unpaired) electrons. The van der Waals surface area contributed by atoms with Crippen LogP contribution in [0.5, 0.6) is 11.5 Å². The van der Waals surface area contributed by atoms with Crippen molar-refractivity contribution in [1.29, 1.82) is 0 Å². The number of rotatable bonds is 7. The van der Waals surface area contributed by atoms with Gasteiger partial charge in [0.25, 0.3) is 0 Å². The van der Waals surface area contributed by atoms with Crippen LogP contribution in [-0.4, -0.2) is 46.4 Å². The van der Waals surface area contributed by atoms with E-state index in [0.717, 1.165) is 15.1 Å². The largest absolute Gasteiger partial charge is 0.497 e. The maximum Gasteiger partial charge on any atom is 0.243 e. The van der Waals surface area contributed by atoms with E-state index in [1.165, 1.54) is 21.3 Å². The summed E-state index contributed by atoms with van der Waals surface area (Å²) in [6.45, 7) is -0.339. The molecule has 7 nitrogen and oxygen atoms in total. The van der Waals surface area contributed by atoms with Gasteiger partial charge in [0.2, 0.25) is 15.9 Å². The Bertz CT molecular complexity index is 1120. The number of likely N-dealkylation sites (N-methyl/N-ethyl adjacent to an activating group) is 1. The fourth-order valence-corrected chi connectivity index (χ4v) is 4.04. The highest BCUT2D eigenvalue weighted by Gasteiger charge is 2.23. The molecule has 3 aromatic carbocycles. The molecule has 0 bridgehead atoms. The zero-order valence-corrected chi connectivity index (χ0v) is 17.2. The molecule has 0 spiro atoms. The Morgan fingerprint density at radius 1 is 0.931 bits per heavy atom. The molecule has 1 amide bonds. The van der Waals surface area contributed by atoms with Gasteiger partial charge in [0.05, 0.1) is 25.7 Å². The zero-order chi connectivity index (χ0) is 21.0. The van der Waals surface area contributed by atoms with E-state index in [-0.39, 0.29) is 11.4 Å². The molecule has 0 aliphatic carbocycles. The van der Waals surface area contributed by atoms with Crippen molar-refractivity contribution in [3.8, 4) is 11.5 Å². The van der Waals surface area contributed by atoms with Gasteiger partial charge in [-0.15, -0.1) is 0 Å². The molecule has 3 aromatic rings. The number of hydrogen-bond acceptors (Lipinski definition) is 5. The van der Waals surface area contributed by atoms with Crippen molar-refractivity contribution in [3.63, 3.8) is 0 Å². The van der Waals surface area contributed by atoms with Crippen molar-refractivity contribution in [2.45, 2.75) is 4.90 Å². The number of sulfonamides is 1. The number of nitrogens with one attached hydrogen (secondary N) is 1. The van der Waals surface area contributed by atoms with E-state index >= 15 is 0 Å². The van der Waals surface area contributed by atoms with Crippen LogP contribution >= 0.6 is 0 Å². The molecule has 0 aliphatic rings. The molecule has 0 saturated carbocycles. The van der Waals surface area contributed by atoms with Gasteiger partial charge in [-0.05, 0) is 22.9 Å². The van der Waals surface area contributed by atoms with Crippen LogP contribution in [0, 0.1) is 0 Å². The van der Waals surface area contributed by atoms with Gasteiger partial charge in [0, 0.05) is 30.9 Å². The second-order valence-corrected chi connectivity index (χ2v) is 8.46. The number of nitrogens with zero attached hydrogens (tertiary/aromatic N) is 1. The second-order valence-electron chi connectivity index (χ2n) is 6.42. The molecule has 0 atom stereocenters. The Kier molecular flexibility index (Phi) is 6.05. The lowest BCUT2D eigenvalue weighted by molar-refractivity contribution is -0.116. The molecule has 0 aliphatic heterocycles. The quantitative estimate of drug-likeness (QED) is 0.642. The third-order valence-corrected chi connectivity index (χ3v) is 6.23. The van der Waals surface area contributed by atoms with Gasteiger partial charge >= 0.3 is 0 Å². The monoisotopic (exact) mass is 414 g/mol. The Balaban J connectivity index is 1.75. The van der Waals surface area contributed by atoms with Gasteiger partial charge in [-0.25, -0.2) is 8.42 Å². The number of amides is 1. The van der Waals surface area contributed by atoms with Crippen LogP contribution in [-0.2, 0) is 14.8 Å². The summed E-state index contributed by atoms with van der Waals surface area (Å²) in [6, 6.07) is 17.3. The van der Waals surface area contributed by atoms with Gasteiger partial charge in [-0.2, -0.15) is 4.31 Å². The zero-order valence-electron chi connectivity index (χ0n) is 16.4. The smallest absolute Gasteiger partial charge is 0.243 e. The van der Waals surface area contributed by atoms with E-state index in [1.807, 2.05) is 24.3 Å². The third-order valence-electron chi connectivity index (χ3n) is 4.43. The molecule has 29 heavy (non-hydrogen) atoms. The summed E-state index contributed by atoms with van der Waals surface area (Å²) < 4.78 is 37.1. The number of methoxy groups -OCH3 is 2. The maximum atomic E-state index is 12.9. The van der Waals surface area contributed by atoms with Gasteiger partial charge in [-0.3, -0.25) is 4.79 Å². The van der Waals surface area contributed by atoms with E-state index in [9.17, 15) is 13.2 Å². The average Bonchev–Trinajstić information content (AvgIpc) is 2.72. The number of anilines is 1. The molecule has 0 unspecified atom stereocenters. The van der Waals surface area contributed by atoms with E-state index in [1.54, 1.807) is 36.4 Å². The molecule has 0 aromatic heterocycles. The molecular formula is C21H22N2O5S. The van der Waals surface area contributed by atoms with Crippen molar-refractivity contribution in [1.82, 2.24) is 4.31 Å². The minimum Gasteiger partial charge on any atom is -0.497 e. The Morgan fingerprint density at radius 3 is 2.17 bits per heavy atom. The van der Waals surface area contributed by atoms with Gasteiger partial charge < -0.3 is 14.8 Å². The minimum atomic E-state index is -3.82. The van der Waals surface area contributed by atoms with Crippen LogP contribution in [0.2, 0.25) is 0 Å². The summed E-state index contributed by atoms with van der Waals surface area (Å²) in [5.74, 6) is 0.542. The fourth-order valence-electron chi connectivity index (χ4n) is 2.88. The van der Waals surface area contributed by atoms with Crippen molar-refractivity contribution < 1.29 is 22.7 Å². The Labute approximate surface area is 169 Å². The molecular weight excluding hydrogens is 392 g/mol.